The smallest absolute Gasteiger partial charge is 0.184 e. The molecule has 1 aromatic heterocycles. The number of hydrogen-bond acceptors (Lipinski definition) is 5. The van der Waals surface area contributed by atoms with Crippen molar-refractivity contribution in [2.24, 2.45) is 5.92 Å². The molecule has 2 heterocycles. The van der Waals surface area contributed by atoms with Crippen LogP contribution < -0.4 is 5.73 Å². The zero-order valence-electron chi connectivity index (χ0n) is 11.3. The van der Waals surface area contributed by atoms with E-state index in [1.807, 2.05) is 0 Å². The maximum atomic E-state index is 13.4. The SMILES string of the molecule is Nc1cc(F)c(F)cc1-c1nnnn1CC1CCOCC1. The lowest BCUT2D eigenvalue weighted by atomic mass is 10.0. The molecule has 8 heteroatoms. The van der Waals surface area contributed by atoms with Gasteiger partial charge in [-0.15, -0.1) is 5.10 Å². The molecule has 0 aliphatic carbocycles. The molecule has 21 heavy (non-hydrogen) atoms. The van der Waals surface area contributed by atoms with E-state index in [9.17, 15) is 8.78 Å². The lowest BCUT2D eigenvalue weighted by molar-refractivity contribution is 0.0601. The Morgan fingerprint density at radius 3 is 2.71 bits per heavy atom. The van der Waals surface area contributed by atoms with E-state index in [0.29, 0.717) is 23.9 Å². The van der Waals surface area contributed by atoms with Crippen LogP contribution in [-0.4, -0.2) is 33.4 Å². The summed E-state index contributed by atoms with van der Waals surface area (Å²) in [4.78, 5) is 0. The highest BCUT2D eigenvalue weighted by atomic mass is 19.2. The number of ether oxygens (including phenoxy) is 1. The Morgan fingerprint density at radius 2 is 1.95 bits per heavy atom. The summed E-state index contributed by atoms with van der Waals surface area (Å²) in [5.41, 5.74) is 6.15. The van der Waals surface area contributed by atoms with Gasteiger partial charge < -0.3 is 10.5 Å². The highest BCUT2D eigenvalue weighted by molar-refractivity contribution is 5.71. The Hall–Kier alpha value is -2.09. The monoisotopic (exact) mass is 295 g/mol. The second-order valence-electron chi connectivity index (χ2n) is 5.09. The summed E-state index contributed by atoms with van der Waals surface area (Å²) in [6.07, 6.45) is 1.85. The number of anilines is 1. The van der Waals surface area contributed by atoms with Gasteiger partial charge in [-0.25, -0.2) is 13.5 Å². The maximum Gasteiger partial charge on any atom is 0.184 e. The predicted molar refractivity (Wildman–Crippen MR) is 71.1 cm³/mol. The van der Waals surface area contributed by atoms with Crippen LogP contribution in [0.3, 0.4) is 0 Å². The fraction of sp³-hybridized carbons (Fsp3) is 0.462. The first-order chi connectivity index (χ1) is 10.1. The van der Waals surface area contributed by atoms with E-state index >= 15 is 0 Å². The molecule has 3 rings (SSSR count). The van der Waals surface area contributed by atoms with Crippen molar-refractivity contribution in [3.63, 3.8) is 0 Å². The lowest BCUT2D eigenvalue weighted by Crippen LogP contribution is -2.21. The summed E-state index contributed by atoms with van der Waals surface area (Å²) < 4.78 is 33.5. The second-order valence-corrected chi connectivity index (χ2v) is 5.09. The third-order valence-corrected chi connectivity index (χ3v) is 3.64. The van der Waals surface area contributed by atoms with Crippen LogP contribution in [0.4, 0.5) is 14.5 Å². The Bertz CT molecular complexity index is 639. The number of nitrogens with two attached hydrogens (primary N) is 1. The minimum Gasteiger partial charge on any atom is -0.398 e. The molecule has 112 valence electrons. The highest BCUT2D eigenvalue weighted by Crippen LogP contribution is 2.27. The van der Waals surface area contributed by atoms with Gasteiger partial charge in [0.25, 0.3) is 0 Å². The van der Waals surface area contributed by atoms with Gasteiger partial charge in [0.05, 0.1) is 0 Å². The van der Waals surface area contributed by atoms with E-state index in [-0.39, 0.29) is 5.69 Å². The molecular formula is C13H15F2N5O. The van der Waals surface area contributed by atoms with E-state index < -0.39 is 11.6 Å². The normalized spacial score (nSPS) is 16.3. The topological polar surface area (TPSA) is 78.9 Å². The number of halogens is 2. The van der Waals surface area contributed by atoms with Gasteiger partial charge in [0.15, 0.2) is 17.5 Å². The van der Waals surface area contributed by atoms with Gasteiger partial charge in [-0.05, 0) is 35.3 Å². The van der Waals surface area contributed by atoms with Gasteiger partial charge in [0, 0.05) is 37.1 Å². The van der Waals surface area contributed by atoms with Gasteiger partial charge in [0.2, 0.25) is 0 Å². The Morgan fingerprint density at radius 1 is 1.24 bits per heavy atom. The first-order valence-corrected chi connectivity index (χ1v) is 6.74. The third-order valence-electron chi connectivity index (χ3n) is 3.64. The molecule has 1 fully saturated rings. The average Bonchev–Trinajstić information content (AvgIpc) is 2.92. The predicted octanol–water partition coefficient (Wildman–Crippen LogP) is 1.63. The van der Waals surface area contributed by atoms with Crippen LogP contribution in [0.2, 0.25) is 0 Å². The van der Waals surface area contributed by atoms with Gasteiger partial charge in [-0.2, -0.15) is 0 Å². The summed E-state index contributed by atoms with van der Waals surface area (Å²) in [7, 11) is 0. The van der Waals surface area contributed by atoms with E-state index in [4.69, 9.17) is 10.5 Å². The standard InChI is InChI=1S/C13H15F2N5O/c14-10-5-9(12(16)6-11(10)15)13-17-18-19-20(13)7-8-1-3-21-4-2-8/h5-6,8H,1-4,7,16H2. The first-order valence-electron chi connectivity index (χ1n) is 6.74. The summed E-state index contributed by atoms with van der Waals surface area (Å²) >= 11 is 0. The van der Waals surface area contributed by atoms with Crippen molar-refractivity contribution in [1.82, 2.24) is 20.2 Å². The zero-order chi connectivity index (χ0) is 14.8. The van der Waals surface area contributed by atoms with Gasteiger partial charge in [-0.3, -0.25) is 0 Å². The van der Waals surface area contributed by atoms with E-state index in [1.165, 1.54) is 0 Å². The molecular weight excluding hydrogens is 280 g/mol. The maximum absolute atomic E-state index is 13.4. The highest BCUT2D eigenvalue weighted by Gasteiger charge is 2.20. The lowest BCUT2D eigenvalue weighted by Gasteiger charge is -2.22. The summed E-state index contributed by atoms with van der Waals surface area (Å²) in [5.74, 6) is -1.22. The molecule has 0 saturated carbocycles. The second kappa shape index (κ2) is 5.72. The van der Waals surface area contributed by atoms with Gasteiger partial charge >= 0.3 is 0 Å². The van der Waals surface area contributed by atoms with Crippen molar-refractivity contribution in [3.8, 4) is 11.4 Å². The Labute approximate surface area is 119 Å². The molecule has 0 radical (unpaired) electrons. The van der Waals surface area contributed by atoms with E-state index in [1.54, 1.807) is 4.68 Å². The zero-order valence-corrected chi connectivity index (χ0v) is 11.3. The van der Waals surface area contributed by atoms with Crippen molar-refractivity contribution in [1.29, 1.82) is 0 Å². The summed E-state index contributed by atoms with van der Waals surface area (Å²) in [6.45, 7) is 2.04. The number of tetrazole rings is 1. The fourth-order valence-electron chi connectivity index (χ4n) is 2.45. The Balaban J connectivity index is 1.89. The molecule has 0 unspecified atom stereocenters. The van der Waals surface area contributed by atoms with Crippen LogP contribution in [0.5, 0.6) is 0 Å². The molecule has 6 nitrogen and oxygen atoms in total. The summed E-state index contributed by atoms with van der Waals surface area (Å²) in [6, 6.07) is 1.97. The molecule has 2 N–H and O–H groups in total. The number of benzene rings is 1. The summed E-state index contributed by atoms with van der Waals surface area (Å²) in [5, 5.41) is 11.4. The minimum atomic E-state index is -0.986. The number of hydrogen-bond donors (Lipinski definition) is 1. The Kier molecular flexibility index (Phi) is 3.78. The fourth-order valence-corrected chi connectivity index (χ4v) is 2.45. The van der Waals surface area contributed by atoms with Crippen molar-refractivity contribution in [2.75, 3.05) is 18.9 Å². The molecule has 1 aliphatic rings. The van der Waals surface area contributed by atoms with Crippen molar-refractivity contribution >= 4 is 5.69 Å². The molecule has 1 saturated heterocycles. The molecule has 0 atom stereocenters. The number of nitrogens with zero attached hydrogens (tertiary/aromatic N) is 4. The quantitative estimate of drug-likeness (QED) is 0.871. The van der Waals surface area contributed by atoms with E-state index in [0.717, 1.165) is 38.2 Å². The van der Waals surface area contributed by atoms with Crippen molar-refractivity contribution < 1.29 is 13.5 Å². The van der Waals surface area contributed by atoms with Gasteiger partial charge in [0.1, 0.15) is 0 Å². The average molecular weight is 295 g/mol. The van der Waals surface area contributed by atoms with Crippen LogP contribution in [0.15, 0.2) is 12.1 Å². The molecule has 0 spiro atoms. The molecule has 2 aromatic rings. The van der Waals surface area contributed by atoms with Crippen LogP contribution in [0.25, 0.3) is 11.4 Å². The van der Waals surface area contributed by atoms with Gasteiger partial charge in [-0.1, -0.05) is 0 Å². The largest absolute Gasteiger partial charge is 0.398 e. The van der Waals surface area contributed by atoms with Crippen molar-refractivity contribution in [2.45, 2.75) is 19.4 Å². The molecule has 0 bridgehead atoms. The van der Waals surface area contributed by atoms with Crippen LogP contribution in [0.1, 0.15) is 12.8 Å². The van der Waals surface area contributed by atoms with Crippen molar-refractivity contribution in [3.05, 3.63) is 23.8 Å². The number of rotatable bonds is 3. The van der Waals surface area contributed by atoms with Crippen LogP contribution >= 0.6 is 0 Å². The first kappa shape index (κ1) is 13.9. The number of aromatic nitrogens is 4. The van der Waals surface area contributed by atoms with E-state index in [2.05, 4.69) is 15.5 Å². The van der Waals surface area contributed by atoms with Crippen LogP contribution in [0, 0.1) is 17.6 Å². The molecule has 1 aliphatic heterocycles. The number of nitrogen functional groups attached to an aromatic ring is 1. The molecule has 0 amide bonds. The van der Waals surface area contributed by atoms with Crippen LogP contribution in [-0.2, 0) is 11.3 Å². The molecule has 1 aromatic carbocycles. The third kappa shape index (κ3) is 2.85. The minimum absolute atomic E-state index is 0.108.